The molecule has 0 saturated carbocycles. The molecule has 0 spiro atoms. The first kappa shape index (κ1) is 13.5. The van der Waals surface area contributed by atoms with Crippen LogP contribution in [0.4, 0.5) is 0 Å². The lowest BCUT2D eigenvalue weighted by molar-refractivity contribution is 0.884. The predicted octanol–water partition coefficient (Wildman–Crippen LogP) is 4.18. The summed E-state index contributed by atoms with van der Waals surface area (Å²) >= 11 is 12.3. The molecule has 0 fully saturated rings. The molecule has 0 aliphatic rings. The highest BCUT2D eigenvalue weighted by Gasteiger charge is 2.12. The second-order valence-corrected chi connectivity index (χ2v) is 5.74. The summed E-state index contributed by atoms with van der Waals surface area (Å²) in [5.41, 5.74) is 2.56. The molecule has 2 aromatic carbocycles. The Morgan fingerprint density at radius 3 is 2.59 bits per heavy atom. The molecule has 22 heavy (non-hydrogen) atoms. The van der Waals surface area contributed by atoms with Gasteiger partial charge in [0.25, 0.3) is 0 Å². The number of halogens is 2. The van der Waals surface area contributed by atoms with Crippen molar-refractivity contribution in [3.63, 3.8) is 0 Å². The quantitative estimate of drug-likeness (QED) is 0.518. The van der Waals surface area contributed by atoms with E-state index >= 15 is 0 Å². The van der Waals surface area contributed by atoms with Gasteiger partial charge in [-0.2, -0.15) is 4.52 Å². The molecular formula is C16H10Cl2N4. The zero-order chi connectivity index (χ0) is 15.1. The number of benzene rings is 2. The lowest BCUT2D eigenvalue weighted by Gasteiger charge is -2.01. The van der Waals surface area contributed by atoms with Crippen LogP contribution in [-0.4, -0.2) is 19.6 Å². The van der Waals surface area contributed by atoms with Crippen LogP contribution in [0.25, 0.3) is 16.6 Å². The Labute approximate surface area is 136 Å². The third kappa shape index (κ3) is 2.30. The molecule has 2 heterocycles. The molecule has 0 N–H and O–H groups in total. The summed E-state index contributed by atoms with van der Waals surface area (Å²) < 4.78 is 1.55. The standard InChI is InChI=1S/C16H10Cl2N4/c17-11-6-7-13-12(9-11)15-20-14(21-22(15)16(18)19-13)8-10-4-2-1-3-5-10/h1-7,9H,8H2. The molecule has 6 heteroatoms. The summed E-state index contributed by atoms with van der Waals surface area (Å²) in [5.74, 6) is 0.697. The Hall–Kier alpha value is -2.17. The first-order chi connectivity index (χ1) is 10.7. The highest BCUT2D eigenvalue weighted by Crippen LogP contribution is 2.24. The maximum atomic E-state index is 6.21. The third-order valence-corrected chi connectivity index (χ3v) is 3.92. The second kappa shape index (κ2) is 5.23. The molecule has 0 unspecified atom stereocenters. The highest BCUT2D eigenvalue weighted by molar-refractivity contribution is 6.32. The van der Waals surface area contributed by atoms with E-state index in [1.807, 2.05) is 42.5 Å². The zero-order valence-electron chi connectivity index (χ0n) is 11.4. The van der Waals surface area contributed by atoms with E-state index in [9.17, 15) is 0 Å². The Balaban J connectivity index is 1.91. The van der Waals surface area contributed by atoms with Gasteiger partial charge in [0, 0.05) is 16.8 Å². The minimum Gasteiger partial charge on any atom is -0.218 e. The second-order valence-electron chi connectivity index (χ2n) is 4.97. The molecule has 0 radical (unpaired) electrons. The van der Waals surface area contributed by atoms with E-state index in [2.05, 4.69) is 15.1 Å². The average molecular weight is 329 g/mol. The van der Waals surface area contributed by atoms with Crippen LogP contribution in [0.15, 0.2) is 48.5 Å². The van der Waals surface area contributed by atoms with E-state index in [1.165, 1.54) is 0 Å². The minimum atomic E-state index is 0.289. The Bertz CT molecular complexity index is 980. The van der Waals surface area contributed by atoms with Gasteiger partial charge >= 0.3 is 0 Å². The van der Waals surface area contributed by atoms with E-state index < -0.39 is 0 Å². The smallest absolute Gasteiger partial charge is 0.218 e. The van der Waals surface area contributed by atoms with Crippen molar-refractivity contribution in [3.05, 3.63) is 70.2 Å². The van der Waals surface area contributed by atoms with Crippen molar-refractivity contribution in [3.8, 4) is 0 Å². The molecule has 4 nitrogen and oxygen atoms in total. The first-order valence-electron chi connectivity index (χ1n) is 6.75. The van der Waals surface area contributed by atoms with E-state index in [0.717, 1.165) is 16.5 Å². The van der Waals surface area contributed by atoms with Gasteiger partial charge in [-0.1, -0.05) is 41.9 Å². The Kier molecular flexibility index (Phi) is 3.21. The van der Waals surface area contributed by atoms with Crippen LogP contribution >= 0.6 is 23.2 Å². The highest BCUT2D eigenvalue weighted by atomic mass is 35.5. The Morgan fingerprint density at radius 2 is 1.77 bits per heavy atom. The largest absolute Gasteiger partial charge is 0.226 e. The van der Waals surface area contributed by atoms with Gasteiger partial charge in [-0.25, -0.2) is 9.97 Å². The number of hydrogen-bond acceptors (Lipinski definition) is 3. The molecule has 4 aromatic rings. The zero-order valence-corrected chi connectivity index (χ0v) is 12.9. The van der Waals surface area contributed by atoms with E-state index in [1.54, 1.807) is 10.6 Å². The van der Waals surface area contributed by atoms with Crippen LogP contribution < -0.4 is 0 Å². The third-order valence-electron chi connectivity index (χ3n) is 3.44. The number of nitrogens with zero attached hydrogens (tertiary/aromatic N) is 4. The van der Waals surface area contributed by atoms with Gasteiger partial charge < -0.3 is 0 Å². The molecule has 0 atom stereocenters. The van der Waals surface area contributed by atoms with Crippen molar-refractivity contribution in [1.82, 2.24) is 19.6 Å². The number of fused-ring (bicyclic) bond motifs is 3. The van der Waals surface area contributed by atoms with Gasteiger partial charge in [0.15, 0.2) is 11.5 Å². The van der Waals surface area contributed by atoms with Crippen LogP contribution in [0.2, 0.25) is 10.3 Å². The van der Waals surface area contributed by atoms with Crippen LogP contribution in [0.5, 0.6) is 0 Å². The molecular weight excluding hydrogens is 319 g/mol. The van der Waals surface area contributed by atoms with Crippen molar-refractivity contribution in [2.75, 3.05) is 0 Å². The summed E-state index contributed by atoms with van der Waals surface area (Å²) in [5, 5.41) is 6.21. The average Bonchev–Trinajstić information content (AvgIpc) is 2.94. The van der Waals surface area contributed by atoms with Gasteiger partial charge in [-0.15, -0.1) is 5.10 Å². The van der Waals surface area contributed by atoms with Crippen molar-refractivity contribution < 1.29 is 0 Å². The predicted molar refractivity (Wildman–Crippen MR) is 87.6 cm³/mol. The van der Waals surface area contributed by atoms with Crippen LogP contribution in [0.1, 0.15) is 11.4 Å². The van der Waals surface area contributed by atoms with Crippen molar-refractivity contribution in [2.24, 2.45) is 0 Å². The molecule has 0 saturated heterocycles. The maximum Gasteiger partial charge on any atom is 0.226 e. The number of hydrogen-bond donors (Lipinski definition) is 0. The monoisotopic (exact) mass is 328 g/mol. The molecule has 108 valence electrons. The van der Waals surface area contributed by atoms with Crippen LogP contribution in [0.3, 0.4) is 0 Å². The van der Waals surface area contributed by atoms with Crippen molar-refractivity contribution in [2.45, 2.75) is 6.42 Å². The summed E-state index contributed by atoms with van der Waals surface area (Å²) in [6.07, 6.45) is 0.640. The van der Waals surface area contributed by atoms with Gasteiger partial charge in [-0.3, -0.25) is 0 Å². The van der Waals surface area contributed by atoms with Gasteiger partial charge in [0.2, 0.25) is 5.28 Å². The van der Waals surface area contributed by atoms with E-state index in [-0.39, 0.29) is 5.28 Å². The summed E-state index contributed by atoms with van der Waals surface area (Å²) in [7, 11) is 0. The molecule has 0 aliphatic heterocycles. The van der Waals surface area contributed by atoms with Crippen LogP contribution in [0, 0.1) is 0 Å². The molecule has 0 aliphatic carbocycles. The number of aromatic nitrogens is 4. The summed E-state index contributed by atoms with van der Waals surface area (Å²) in [6.45, 7) is 0. The van der Waals surface area contributed by atoms with Crippen molar-refractivity contribution >= 4 is 39.8 Å². The topological polar surface area (TPSA) is 43.1 Å². The SMILES string of the molecule is Clc1ccc2nc(Cl)n3nc(Cc4ccccc4)nc3c2c1. The van der Waals surface area contributed by atoms with Gasteiger partial charge in [0.1, 0.15) is 0 Å². The number of rotatable bonds is 2. The summed E-state index contributed by atoms with van der Waals surface area (Å²) in [4.78, 5) is 8.94. The fourth-order valence-corrected chi connectivity index (χ4v) is 2.82. The Morgan fingerprint density at radius 1 is 0.955 bits per heavy atom. The van der Waals surface area contributed by atoms with Gasteiger partial charge in [-0.05, 0) is 35.4 Å². The lowest BCUT2D eigenvalue weighted by atomic mass is 10.1. The fraction of sp³-hybridized carbons (Fsp3) is 0.0625. The van der Waals surface area contributed by atoms with Gasteiger partial charge in [0.05, 0.1) is 5.52 Å². The molecule has 0 amide bonds. The van der Waals surface area contributed by atoms with Crippen LogP contribution in [-0.2, 0) is 6.42 Å². The first-order valence-corrected chi connectivity index (χ1v) is 7.50. The van der Waals surface area contributed by atoms with E-state index in [0.29, 0.717) is 22.9 Å². The molecule has 2 aromatic heterocycles. The van der Waals surface area contributed by atoms with E-state index in [4.69, 9.17) is 23.2 Å². The molecule has 4 rings (SSSR count). The summed E-state index contributed by atoms with van der Waals surface area (Å²) in [6, 6.07) is 15.5. The lowest BCUT2D eigenvalue weighted by Crippen LogP contribution is -1.95. The van der Waals surface area contributed by atoms with Crippen molar-refractivity contribution in [1.29, 1.82) is 0 Å². The normalized spacial score (nSPS) is 11.4. The minimum absolute atomic E-state index is 0.289. The fourth-order valence-electron chi connectivity index (χ4n) is 2.44. The maximum absolute atomic E-state index is 6.21. The molecule has 0 bridgehead atoms.